The number of benzene rings is 2. The minimum Gasteiger partial charge on any atom is -0.497 e. The summed E-state index contributed by atoms with van der Waals surface area (Å²) in [5.74, 6) is -3.72. The normalized spacial score (nSPS) is 13.6. The van der Waals surface area contributed by atoms with E-state index >= 15 is 0 Å². The summed E-state index contributed by atoms with van der Waals surface area (Å²) in [6, 6.07) is 16.0. The highest BCUT2D eigenvalue weighted by atomic mass is 16.5. The Morgan fingerprint density at radius 1 is 0.929 bits per heavy atom. The first-order chi connectivity index (χ1) is 20.1. The van der Waals surface area contributed by atoms with Crippen LogP contribution in [-0.2, 0) is 23.9 Å². The van der Waals surface area contributed by atoms with Gasteiger partial charge in [-0.2, -0.15) is 0 Å². The van der Waals surface area contributed by atoms with Gasteiger partial charge in [-0.25, -0.2) is 14.4 Å². The van der Waals surface area contributed by atoms with E-state index in [4.69, 9.17) is 29.3 Å². The van der Waals surface area contributed by atoms with Gasteiger partial charge in [-0.1, -0.05) is 18.2 Å². The Morgan fingerprint density at radius 2 is 1.60 bits per heavy atom. The minimum atomic E-state index is -1.82. The van der Waals surface area contributed by atoms with Crippen LogP contribution in [0.3, 0.4) is 0 Å². The van der Waals surface area contributed by atoms with Gasteiger partial charge in [0.25, 0.3) is 0 Å². The third kappa shape index (κ3) is 8.14. The maximum atomic E-state index is 13.0. The number of piperidine rings is 1. The van der Waals surface area contributed by atoms with Crippen molar-refractivity contribution >= 4 is 52.1 Å². The van der Waals surface area contributed by atoms with E-state index in [1.54, 1.807) is 36.4 Å². The van der Waals surface area contributed by atoms with Crippen molar-refractivity contribution in [3.63, 3.8) is 0 Å². The number of fused-ring (bicyclic) bond motifs is 1. The molecule has 0 unspecified atom stereocenters. The van der Waals surface area contributed by atoms with Gasteiger partial charge in [-0.15, -0.1) is 0 Å². The highest BCUT2D eigenvalue weighted by molar-refractivity contribution is 6.27. The SMILES string of the molecule is COC(=O)C1(NCC(=O)Nc2ccccc2)CCN(C(=O)Nc2ccnc3ccc(OC)cc23)CC1.O=C(O)C(=O)O. The van der Waals surface area contributed by atoms with Crippen LogP contribution in [0.4, 0.5) is 16.2 Å². The van der Waals surface area contributed by atoms with Gasteiger partial charge in [0.1, 0.15) is 11.3 Å². The van der Waals surface area contributed by atoms with Crippen molar-refractivity contribution in [3.05, 3.63) is 60.8 Å². The van der Waals surface area contributed by atoms with Gasteiger partial charge < -0.3 is 35.2 Å². The molecule has 1 fully saturated rings. The number of carboxylic acids is 2. The predicted molar refractivity (Wildman–Crippen MR) is 151 cm³/mol. The highest BCUT2D eigenvalue weighted by Gasteiger charge is 2.43. The largest absolute Gasteiger partial charge is 0.497 e. The van der Waals surface area contributed by atoms with Gasteiger partial charge in [-0.3, -0.25) is 19.9 Å². The number of nitrogens with one attached hydrogen (secondary N) is 3. The lowest BCUT2D eigenvalue weighted by Gasteiger charge is -2.40. The van der Waals surface area contributed by atoms with Crippen LogP contribution in [0.15, 0.2) is 60.8 Å². The summed E-state index contributed by atoms with van der Waals surface area (Å²) in [6.45, 7) is 0.544. The Bertz CT molecular complexity index is 1430. The number of aromatic nitrogens is 1. The number of aliphatic carboxylic acids is 2. The predicted octanol–water partition coefficient (Wildman–Crippen LogP) is 2.17. The van der Waals surface area contributed by atoms with Gasteiger partial charge in [0.05, 0.1) is 32.0 Å². The first-order valence-electron chi connectivity index (χ1n) is 12.7. The molecule has 4 rings (SSSR count). The molecule has 1 aliphatic heterocycles. The van der Waals surface area contributed by atoms with E-state index in [-0.39, 0.29) is 18.5 Å². The average Bonchev–Trinajstić information content (AvgIpc) is 3.00. The lowest BCUT2D eigenvalue weighted by Crippen LogP contribution is -2.61. The topological polar surface area (TPSA) is 196 Å². The number of anilines is 2. The number of para-hydroxylation sites is 1. The summed E-state index contributed by atoms with van der Waals surface area (Å²) in [5, 5.41) is 24.4. The van der Waals surface area contributed by atoms with Crippen molar-refractivity contribution in [1.29, 1.82) is 0 Å². The van der Waals surface area contributed by atoms with E-state index in [1.165, 1.54) is 7.11 Å². The summed E-state index contributed by atoms with van der Waals surface area (Å²) >= 11 is 0. The first kappa shape index (κ1) is 31.3. The molecule has 2 heterocycles. The van der Waals surface area contributed by atoms with Gasteiger partial charge in [-0.05, 0) is 49.2 Å². The summed E-state index contributed by atoms with van der Waals surface area (Å²) in [4.78, 5) is 62.3. The lowest BCUT2D eigenvalue weighted by molar-refractivity contribution is -0.159. The molecule has 0 atom stereocenters. The quantitative estimate of drug-likeness (QED) is 0.203. The number of hydrogen-bond donors (Lipinski definition) is 5. The van der Waals surface area contributed by atoms with Crippen molar-refractivity contribution in [2.45, 2.75) is 18.4 Å². The fourth-order valence-corrected chi connectivity index (χ4v) is 4.27. The number of rotatable bonds is 7. The molecule has 0 aliphatic carbocycles. The number of urea groups is 1. The van der Waals surface area contributed by atoms with Crippen LogP contribution in [0.5, 0.6) is 5.75 Å². The maximum absolute atomic E-state index is 13.0. The molecule has 2 aromatic carbocycles. The second-order valence-electron chi connectivity index (χ2n) is 9.11. The number of esters is 1. The molecule has 14 heteroatoms. The molecule has 5 N–H and O–H groups in total. The molecule has 42 heavy (non-hydrogen) atoms. The van der Waals surface area contributed by atoms with Crippen molar-refractivity contribution in [1.82, 2.24) is 15.2 Å². The van der Waals surface area contributed by atoms with Crippen LogP contribution < -0.4 is 20.7 Å². The third-order valence-electron chi connectivity index (χ3n) is 6.50. The second-order valence-corrected chi connectivity index (χ2v) is 9.11. The summed E-state index contributed by atoms with van der Waals surface area (Å²) in [6.07, 6.45) is 2.24. The molecule has 3 aromatic rings. The maximum Gasteiger partial charge on any atom is 0.414 e. The molecule has 1 saturated heterocycles. The number of hydrogen-bond acceptors (Lipinski definition) is 9. The zero-order valence-corrected chi connectivity index (χ0v) is 23.0. The summed E-state index contributed by atoms with van der Waals surface area (Å²) in [5.41, 5.74) is 0.958. The van der Waals surface area contributed by atoms with Crippen LogP contribution in [0.2, 0.25) is 0 Å². The van der Waals surface area contributed by atoms with E-state index in [9.17, 15) is 14.4 Å². The van der Waals surface area contributed by atoms with Crippen LogP contribution in [0, 0.1) is 0 Å². The van der Waals surface area contributed by atoms with Crippen LogP contribution >= 0.6 is 0 Å². The van der Waals surface area contributed by atoms with E-state index in [1.807, 2.05) is 36.4 Å². The molecule has 222 valence electrons. The Balaban J connectivity index is 0.000000730. The van der Waals surface area contributed by atoms with Crippen molar-refractivity contribution < 1.29 is 43.7 Å². The molecule has 0 spiro atoms. The Hall–Kier alpha value is -5.24. The standard InChI is InChI=1S/C26H29N5O5.C2H2O4/c1-35-19-8-9-21-20(16-19)22(10-13-27-21)30-25(34)31-14-11-26(12-15-31,24(33)36-2)28-17-23(32)29-18-6-4-3-5-7-18;3-1(4)2(5)6/h3-10,13,16,28H,11-12,14-15,17H2,1-2H3,(H,29,32)(H,27,30,34);(H,3,4)(H,5,6). The molecule has 0 bridgehead atoms. The fraction of sp³-hybridized carbons (Fsp3) is 0.286. The Morgan fingerprint density at radius 3 is 2.19 bits per heavy atom. The minimum absolute atomic E-state index is 0.0684. The molecule has 1 aliphatic rings. The smallest absolute Gasteiger partial charge is 0.414 e. The van der Waals surface area contributed by atoms with Gasteiger partial charge in [0, 0.05) is 30.4 Å². The Labute approximate surface area is 240 Å². The van der Waals surface area contributed by atoms with E-state index in [0.29, 0.717) is 43.1 Å². The fourth-order valence-electron chi connectivity index (χ4n) is 4.27. The van der Waals surface area contributed by atoms with E-state index < -0.39 is 23.4 Å². The van der Waals surface area contributed by atoms with Gasteiger partial charge in [0.15, 0.2) is 0 Å². The summed E-state index contributed by atoms with van der Waals surface area (Å²) < 4.78 is 10.3. The molecule has 14 nitrogen and oxygen atoms in total. The molecule has 0 saturated carbocycles. The zero-order chi connectivity index (χ0) is 30.7. The molecular formula is C28H31N5O9. The van der Waals surface area contributed by atoms with Crippen molar-refractivity contribution in [2.75, 3.05) is 44.5 Å². The zero-order valence-electron chi connectivity index (χ0n) is 23.0. The molecule has 3 amide bonds. The third-order valence-corrected chi connectivity index (χ3v) is 6.50. The van der Waals surface area contributed by atoms with Crippen LogP contribution in [-0.4, -0.2) is 89.3 Å². The second kappa shape index (κ2) is 14.4. The summed E-state index contributed by atoms with van der Waals surface area (Å²) in [7, 11) is 2.90. The van der Waals surface area contributed by atoms with Crippen LogP contribution in [0.1, 0.15) is 12.8 Å². The number of ether oxygens (including phenoxy) is 2. The molecule has 1 aromatic heterocycles. The number of carboxylic acid groups (broad SMARTS) is 2. The van der Waals surface area contributed by atoms with Crippen LogP contribution in [0.25, 0.3) is 10.9 Å². The number of nitrogens with zero attached hydrogens (tertiary/aromatic N) is 2. The molecular weight excluding hydrogens is 550 g/mol. The monoisotopic (exact) mass is 581 g/mol. The van der Waals surface area contributed by atoms with E-state index in [0.717, 1.165) is 10.9 Å². The number of pyridine rings is 1. The number of methoxy groups -OCH3 is 2. The number of likely N-dealkylation sites (tertiary alicyclic amines) is 1. The van der Waals surface area contributed by atoms with Gasteiger partial charge in [0.2, 0.25) is 5.91 Å². The first-order valence-corrected chi connectivity index (χ1v) is 12.7. The lowest BCUT2D eigenvalue weighted by atomic mass is 9.87. The van der Waals surface area contributed by atoms with E-state index in [2.05, 4.69) is 20.9 Å². The average molecular weight is 582 g/mol. The highest BCUT2D eigenvalue weighted by Crippen LogP contribution is 2.28. The van der Waals surface area contributed by atoms with Crippen molar-refractivity contribution in [2.24, 2.45) is 0 Å². The number of carbonyl (C=O) groups excluding carboxylic acids is 3. The number of amides is 3. The van der Waals surface area contributed by atoms with Gasteiger partial charge >= 0.3 is 23.9 Å². The molecule has 0 radical (unpaired) electrons. The number of carbonyl (C=O) groups is 5. The van der Waals surface area contributed by atoms with Crippen molar-refractivity contribution in [3.8, 4) is 5.75 Å². The Kier molecular flexibility index (Phi) is 10.7.